The van der Waals surface area contributed by atoms with Gasteiger partial charge in [0.1, 0.15) is 0 Å². The van der Waals surface area contributed by atoms with Gasteiger partial charge in [-0.25, -0.2) is 0 Å². The van der Waals surface area contributed by atoms with E-state index >= 15 is 0 Å². The van der Waals surface area contributed by atoms with E-state index in [1.54, 1.807) is 12.4 Å². The van der Waals surface area contributed by atoms with Gasteiger partial charge in [0.15, 0.2) is 0 Å². The summed E-state index contributed by atoms with van der Waals surface area (Å²) in [5, 5.41) is 0. The van der Waals surface area contributed by atoms with Crippen LogP contribution >= 0.6 is 0 Å². The lowest BCUT2D eigenvalue weighted by molar-refractivity contribution is 0.564. The molecule has 0 saturated carbocycles. The Morgan fingerprint density at radius 3 is 2.27 bits per heavy atom. The summed E-state index contributed by atoms with van der Waals surface area (Å²) < 4.78 is 0. The molecule has 1 heteroatoms. The van der Waals surface area contributed by atoms with E-state index in [4.69, 9.17) is 0 Å². The van der Waals surface area contributed by atoms with E-state index in [-0.39, 0.29) is 0 Å². The third kappa shape index (κ3) is 13.2. The maximum absolute atomic E-state index is 9.82. The normalized spacial score (nSPS) is 11.5. The van der Waals surface area contributed by atoms with Gasteiger partial charge in [-0.1, -0.05) is 63.7 Å². The first-order chi connectivity index (χ1) is 7.41. The Morgan fingerprint density at radius 2 is 1.60 bits per heavy atom. The van der Waals surface area contributed by atoms with Crippen LogP contribution in [0, 0.1) is 0 Å². The van der Waals surface area contributed by atoms with Crippen LogP contribution in [0.5, 0.6) is 0 Å². The second kappa shape index (κ2) is 13.2. The highest BCUT2D eigenvalue weighted by atomic mass is 16.1. The molecule has 1 radical (unpaired) electrons. The van der Waals surface area contributed by atoms with Crippen molar-refractivity contribution in [3.05, 3.63) is 24.3 Å². The van der Waals surface area contributed by atoms with Gasteiger partial charge in [0, 0.05) is 0 Å². The maximum Gasteiger partial charge on any atom is 0.225 e. The molecule has 0 saturated heterocycles. The molecule has 0 aromatic rings. The Bertz CT molecular complexity index is 180. The molecule has 0 bridgehead atoms. The minimum absolute atomic E-state index is 1.12. The molecule has 0 N–H and O–H groups in total. The predicted octanol–water partition coefficient (Wildman–Crippen LogP) is 4.35. The van der Waals surface area contributed by atoms with Crippen LogP contribution in [0.25, 0.3) is 0 Å². The summed E-state index contributed by atoms with van der Waals surface area (Å²) in [5.41, 5.74) is 0. The van der Waals surface area contributed by atoms with Gasteiger partial charge in [0.25, 0.3) is 0 Å². The Labute approximate surface area is 94.3 Å². The number of carbonyl (C=O) groups excluding carboxylic acids is 1. The van der Waals surface area contributed by atoms with Crippen molar-refractivity contribution >= 4 is 6.29 Å². The lowest BCUT2D eigenvalue weighted by atomic mass is 10.1. The zero-order valence-corrected chi connectivity index (χ0v) is 9.87. The molecule has 15 heavy (non-hydrogen) atoms. The summed E-state index contributed by atoms with van der Waals surface area (Å²) >= 11 is 0. The van der Waals surface area contributed by atoms with Crippen LogP contribution in [0.2, 0.25) is 0 Å². The average Bonchev–Trinajstić information content (AvgIpc) is 2.26. The van der Waals surface area contributed by atoms with Crippen molar-refractivity contribution in [2.45, 2.75) is 58.3 Å². The minimum atomic E-state index is 1.12. The molecule has 0 aliphatic rings. The SMILES string of the molecule is CCCCCCCCC/C=C/C=C/[C]=O. The zero-order chi connectivity index (χ0) is 11.2. The highest BCUT2D eigenvalue weighted by Crippen LogP contribution is 2.08. The molecule has 0 fully saturated rings. The van der Waals surface area contributed by atoms with Gasteiger partial charge >= 0.3 is 0 Å². The van der Waals surface area contributed by atoms with E-state index < -0.39 is 0 Å². The lowest BCUT2D eigenvalue weighted by Gasteiger charge is -1.98. The highest BCUT2D eigenvalue weighted by molar-refractivity contribution is 5.66. The minimum Gasteiger partial charge on any atom is -0.286 e. The fourth-order valence-corrected chi connectivity index (χ4v) is 1.49. The van der Waals surface area contributed by atoms with Crippen molar-refractivity contribution in [2.75, 3.05) is 0 Å². The number of rotatable bonds is 10. The second-order valence-electron chi connectivity index (χ2n) is 3.82. The number of hydrogen-bond acceptors (Lipinski definition) is 1. The van der Waals surface area contributed by atoms with Crippen molar-refractivity contribution in [3.63, 3.8) is 0 Å². The van der Waals surface area contributed by atoms with Gasteiger partial charge in [0.05, 0.1) is 0 Å². The third-order valence-corrected chi connectivity index (χ3v) is 2.39. The van der Waals surface area contributed by atoms with Crippen molar-refractivity contribution < 1.29 is 4.79 Å². The van der Waals surface area contributed by atoms with Crippen molar-refractivity contribution in [1.29, 1.82) is 0 Å². The molecule has 0 unspecified atom stereocenters. The van der Waals surface area contributed by atoms with Gasteiger partial charge in [-0.05, 0) is 18.9 Å². The smallest absolute Gasteiger partial charge is 0.225 e. The van der Waals surface area contributed by atoms with E-state index in [0.717, 1.165) is 6.42 Å². The summed E-state index contributed by atoms with van der Waals surface area (Å²) in [6, 6.07) is 0. The summed E-state index contributed by atoms with van der Waals surface area (Å²) in [5.74, 6) is 0. The first-order valence-electron chi connectivity index (χ1n) is 6.11. The van der Waals surface area contributed by atoms with Crippen LogP contribution < -0.4 is 0 Å². The van der Waals surface area contributed by atoms with Gasteiger partial charge in [-0.15, -0.1) is 0 Å². The molecule has 0 aliphatic heterocycles. The second-order valence-corrected chi connectivity index (χ2v) is 3.82. The Balaban J connectivity index is 3.07. The summed E-state index contributed by atoms with van der Waals surface area (Å²) in [4.78, 5) is 9.82. The van der Waals surface area contributed by atoms with Crippen molar-refractivity contribution in [1.82, 2.24) is 0 Å². The zero-order valence-electron chi connectivity index (χ0n) is 9.87. The molecule has 0 amide bonds. The van der Waals surface area contributed by atoms with Crippen molar-refractivity contribution in [2.24, 2.45) is 0 Å². The molecule has 0 spiro atoms. The fourth-order valence-electron chi connectivity index (χ4n) is 1.49. The van der Waals surface area contributed by atoms with Crippen LogP contribution in [0.4, 0.5) is 0 Å². The van der Waals surface area contributed by atoms with E-state index in [1.165, 1.54) is 51.0 Å². The van der Waals surface area contributed by atoms with Gasteiger partial charge in [-0.2, -0.15) is 0 Å². The molecule has 0 heterocycles. The molecule has 0 aromatic heterocycles. The average molecular weight is 207 g/mol. The van der Waals surface area contributed by atoms with Crippen LogP contribution in [0.3, 0.4) is 0 Å². The number of allylic oxidation sites excluding steroid dienone is 4. The van der Waals surface area contributed by atoms with Crippen LogP contribution in [-0.4, -0.2) is 6.29 Å². The lowest BCUT2D eigenvalue weighted by Crippen LogP contribution is -1.78. The largest absolute Gasteiger partial charge is 0.286 e. The summed E-state index contributed by atoms with van der Waals surface area (Å²) in [7, 11) is 0. The number of hydrogen-bond donors (Lipinski definition) is 0. The molecule has 1 nitrogen and oxygen atoms in total. The molecule has 0 aromatic carbocycles. The van der Waals surface area contributed by atoms with E-state index in [1.807, 2.05) is 6.08 Å². The summed E-state index contributed by atoms with van der Waals surface area (Å²) in [6.45, 7) is 2.25. The molecule has 0 aliphatic carbocycles. The van der Waals surface area contributed by atoms with Crippen LogP contribution in [-0.2, 0) is 4.79 Å². The topological polar surface area (TPSA) is 17.1 Å². The molecule has 85 valence electrons. The van der Waals surface area contributed by atoms with Gasteiger partial charge < -0.3 is 0 Å². The quantitative estimate of drug-likeness (QED) is 0.296. The monoisotopic (exact) mass is 207 g/mol. The van der Waals surface area contributed by atoms with Gasteiger partial charge in [-0.3, -0.25) is 4.79 Å². The highest BCUT2D eigenvalue weighted by Gasteiger charge is 1.88. The Kier molecular flexibility index (Phi) is 12.4. The fraction of sp³-hybridized carbons (Fsp3) is 0.643. The first-order valence-corrected chi connectivity index (χ1v) is 6.11. The van der Waals surface area contributed by atoms with Gasteiger partial charge in [0.2, 0.25) is 6.29 Å². The molecule has 0 atom stereocenters. The van der Waals surface area contributed by atoms with E-state index in [0.29, 0.717) is 0 Å². The number of unbranched alkanes of at least 4 members (excludes halogenated alkanes) is 7. The predicted molar refractivity (Wildman–Crippen MR) is 66.6 cm³/mol. The van der Waals surface area contributed by atoms with E-state index in [2.05, 4.69) is 13.0 Å². The first kappa shape index (κ1) is 14.2. The molecular weight excluding hydrogens is 184 g/mol. The van der Waals surface area contributed by atoms with Crippen LogP contribution in [0.1, 0.15) is 58.3 Å². The Hall–Kier alpha value is -0.850. The Morgan fingerprint density at radius 1 is 0.933 bits per heavy atom. The van der Waals surface area contributed by atoms with Crippen LogP contribution in [0.15, 0.2) is 24.3 Å². The summed E-state index contributed by atoms with van der Waals surface area (Å²) in [6.07, 6.45) is 19.4. The molecular formula is C14H23O. The van der Waals surface area contributed by atoms with Crippen molar-refractivity contribution in [3.8, 4) is 0 Å². The van der Waals surface area contributed by atoms with E-state index in [9.17, 15) is 4.79 Å². The maximum atomic E-state index is 9.82. The standard InChI is InChI=1S/C14H23O/c1-2-3-4-5-6-7-8-9-10-11-12-13-14-15/h10-13H,2-9H2,1H3/b11-10+,13-12+. The molecule has 0 rings (SSSR count). The third-order valence-electron chi connectivity index (χ3n) is 2.39.